The van der Waals surface area contributed by atoms with Crippen molar-refractivity contribution in [3.63, 3.8) is 0 Å². The number of hydrogen-bond donors (Lipinski definition) is 2. The minimum atomic E-state index is -0.0633. The summed E-state index contributed by atoms with van der Waals surface area (Å²) in [6.45, 7) is 2.33. The predicted octanol–water partition coefficient (Wildman–Crippen LogP) is 2.70. The van der Waals surface area contributed by atoms with Crippen LogP contribution in [0, 0.1) is 0 Å². The molecular formula is C23H25N7O. The summed E-state index contributed by atoms with van der Waals surface area (Å²) in [5, 5.41) is 6.42. The number of amides is 1. The third-order valence-corrected chi connectivity index (χ3v) is 5.80. The Balaban J connectivity index is 1.48. The first-order chi connectivity index (χ1) is 15.2. The summed E-state index contributed by atoms with van der Waals surface area (Å²) in [7, 11) is 0. The lowest BCUT2D eigenvalue weighted by atomic mass is 10.1. The van der Waals surface area contributed by atoms with Crippen LogP contribution < -0.4 is 10.6 Å². The van der Waals surface area contributed by atoms with Gasteiger partial charge in [0.2, 0.25) is 11.9 Å². The van der Waals surface area contributed by atoms with Crippen molar-refractivity contribution in [3.8, 4) is 11.4 Å². The zero-order valence-electron chi connectivity index (χ0n) is 17.3. The van der Waals surface area contributed by atoms with Crippen molar-refractivity contribution < 1.29 is 4.79 Å². The van der Waals surface area contributed by atoms with Gasteiger partial charge in [0.15, 0.2) is 5.82 Å². The monoisotopic (exact) mass is 415 g/mol. The summed E-state index contributed by atoms with van der Waals surface area (Å²) in [6, 6.07) is 10.2. The average molecular weight is 416 g/mol. The maximum atomic E-state index is 12.8. The van der Waals surface area contributed by atoms with Gasteiger partial charge in [0.05, 0.1) is 6.04 Å². The van der Waals surface area contributed by atoms with E-state index in [2.05, 4.69) is 53.7 Å². The molecule has 0 radical (unpaired) electrons. The average Bonchev–Trinajstić information content (AvgIpc) is 3.25. The maximum absolute atomic E-state index is 12.8. The number of rotatable bonds is 0. The molecule has 6 bridgehead atoms. The van der Waals surface area contributed by atoms with Crippen LogP contribution >= 0.6 is 0 Å². The van der Waals surface area contributed by atoms with Crippen LogP contribution in [0.2, 0.25) is 0 Å². The van der Waals surface area contributed by atoms with Gasteiger partial charge >= 0.3 is 0 Å². The van der Waals surface area contributed by atoms with Crippen LogP contribution in [0.5, 0.6) is 0 Å². The molecule has 1 amide bonds. The lowest BCUT2D eigenvalue weighted by Gasteiger charge is -2.24. The number of fused-ring (bicyclic) bond motifs is 8. The van der Waals surface area contributed by atoms with Gasteiger partial charge in [-0.25, -0.2) is 9.97 Å². The highest BCUT2D eigenvalue weighted by molar-refractivity contribution is 5.82. The van der Waals surface area contributed by atoms with Gasteiger partial charge in [-0.05, 0) is 61.6 Å². The molecule has 2 N–H and O–H groups in total. The Labute approximate surface area is 181 Å². The Morgan fingerprint density at radius 2 is 2.03 bits per heavy atom. The van der Waals surface area contributed by atoms with Gasteiger partial charge in [0.1, 0.15) is 6.33 Å². The fraction of sp³-hybridized carbons (Fsp3) is 0.348. The van der Waals surface area contributed by atoms with Gasteiger partial charge < -0.3 is 10.6 Å². The van der Waals surface area contributed by atoms with E-state index in [1.54, 1.807) is 6.20 Å². The second kappa shape index (κ2) is 8.77. The van der Waals surface area contributed by atoms with Crippen LogP contribution in [-0.4, -0.2) is 49.9 Å². The molecule has 0 unspecified atom stereocenters. The molecule has 2 aromatic heterocycles. The first kappa shape index (κ1) is 19.6. The van der Waals surface area contributed by atoms with E-state index in [9.17, 15) is 4.79 Å². The quantitative estimate of drug-likeness (QED) is 0.583. The number of pyridine rings is 1. The molecule has 31 heavy (non-hydrogen) atoms. The van der Waals surface area contributed by atoms with Crippen molar-refractivity contribution in [2.75, 3.05) is 18.4 Å². The molecule has 0 saturated carbocycles. The molecule has 5 rings (SSSR count). The number of nitrogens with zero attached hydrogens (tertiary/aromatic N) is 5. The maximum Gasteiger partial charge on any atom is 0.237 e. The Bertz CT molecular complexity index is 1090. The second-order valence-electron chi connectivity index (χ2n) is 8.06. The number of carbonyl (C=O) groups is 1. The van der Waals surface area contributed by atoms with Crippen LogP contribution in [0.1, 0.15) is 30.4 Å². The van der Waals surface area contributed by atoms with Crippen molar-refractivity contribution in [1.82, 2.24) is 30.2 Å². The van der Waals surface area contributed by atoms with Crippen molar-refractivity contribution in [3.05, 3.63) is 60.2 Å². The van der Waals surface area contributed by atoms with E-state index in [0.29, 0.717) is 18.3 Å². The van der Waals surface area contributed by atoms with Crippen LogP contribution in [-0.2, 0) is 17.8 Å². The van der Waals surface area contributed by atoms with E-state index in [1.165, 1.54) is 6.33 Å². The van der Waals surface area contributed by atoms with E-state index >= 15 is 0 Å². The molecular weight excluding hydrogens is 390 g/mol. The molecule has 2 aliphatic rings. The second-order valence-corrected chi connectivity index (χ2v) is 8.06. The predicted molar refractivity (Wildman–Crippen MR) is 118 cm³/mol. The molecule has 0 spiro atoms. The third-order valence-electron chi connectivity index (χ3n) is 5.80. The SMILES string of the molecule is O=C1NCCCc2cncc(c2)-c2ncnc(n2)Nc2cccc(c2)CN2CCC[C@@H]12. The standard InChI is InChI=1S/C23H25N7O/c31-22-20-7-3-9-30(20)14-17-4-1-6-19(11-17)28-23-27-15-26-21(29-23)18-10-16(12-24-13-18)5-2-8-25-22/h1,4,6,10-13,15,20H,2-3,5,7-9,14H2,(H,25,31)(H,26,27,28,29)/t20-/m0/s1. The molecule has 1 fully saturated rings. The summed E-state index contributed by atoms with van der Waals surface area (Å²) in [5.41, 5.74) is 4.00. The Hall–Kier alpha value is -3.39. The summed E-state index contributed by atoms with van der Waals surface area (Å²) in [6.07, 6.45) is 8.77. The van der Waals surface area contributed by atoms with E-state index < -0.39 is 0 Å². The van der Waals surface area contributed by atoms with Gasteiger partial charge in [-0.1, -0.05) is 12.1 Å². The van der Waals surface area contributed by atoms with E-state index in [0.717, 1.165) is 61.2 Å². The Kier molecular flexibility index (Phi) is 5.54. The Morgan fingerprint density at radius 1 is 1.06 bits per heavy atom. The molecule has 0 aliphatic carbocycles. The van der Waals surface area contributed by atoms with E-state index in [1.807, 2.05) is 18.3 Å². The third kappa shape index (κ3) is 4.54. The van der Waals surface area contributed by atoms with E-state index in [-0.39, 0.29) is 11.9 Å². The lowest BCUT2D eigenvalue weighted by molar-refractivity contribution is -0.125. The zero-order valence-corrected chi connectivity index (χ0v) is 17.3. The summed E-state index contributed by atoms with van der Waals surface area (Å²) in [5.74, 6) is 1.21. The summed E-state index contributed by atoms with van der Waals surface area (Å²) >= 11 is 0. The van der Waals surface area contributed by atoms with E-state index in [4.69, 9.17) is 0 Å². The number of nitrogens with one attached hydrogen (secondary N) is 2. The van der Waals surface area contributed by atoms with Crippen molar-refractivity contribution in [2.24, 2.45) is 0 Å². The normalized spacial score (nSPS) is 19.5. The fourth-order valence-electron chi connectivity index (χ4n) is 4.29. The highest BCUT2D eigenvalue weighted by Gasteiger charge is 2.30. The van der Waals surface area contributed by atoms with Gasteiger partial charge in [-0.15, -0.1) is 0 Å². The minimum absolute atomic E-state index is 0.0633. The zero-order chi connectivity index (χ0) is 21.0. The van der Waals surface area contributed by atoms with Gasteiger partial charge in [0, 0.05) is 36.7 Å². The first-order valence-electron chi connectivity index (χ1n) is 10.8. The molecule has 1 atom stereocenters. The number of aromatic nitrogens is 4. The summed E-state index contributed by atoms with van der Waals surface area (Å²) in [4.78, 5) is 32.6. The molecule has 8 nitrogen and oxygen atoms in total. The fourth-order valence-corrected chi connectivity index (χ4v) is 4.29. The topological polar surface area (TPSA) is 95.9 Å². The number of carbonyl (C=O) groups excluding carboxylic acids is 1. The molecule has 4 heterocycles. The minimum Gasteiger partial charge on any atom is -0.355 e. The molecule has 1 saturated heterocycles. The molecule has 1 aromatic carbocycles. The lowest BCUT2D eigenvalue weighted by Crippen LogP contribution is -2.43. The highest BCUT2D eigenvalue weighted by Crippen LogP contribution is 2.23. The Morgan fingerprint density at radius 3 is 3.00 bits per heavy atom. The van der Waals surface area contributed by atoms with Gasteiger partial charge in [-0.3, -0.25) is 14.7 Å². The number of hydrogen-bond acceptors (Lipinski definition) is 7. The number of benzene rings is 1. The smallest absolute Gasteiger partial charge is 0.237 e. The van der Waals surface area contributed by atoms with Crippen molar-refractivity contribution >= 4 is 17.5 Å². The molecule has 158 valence electrons. The van der Waals surface area contributed by atoms with Gasteiger partial charge in [-0.2, -0.15) is 4.98 Å². The largest absolute Gasteiger partial charge is 0.355 e. The van der Waals surface area contributed by atoms with Crippen molar-refractivity contribution in [2.45, 2.75) is 38.3 Å². The molecule has 2 aliphatic heterocycles. The van der Waals surface area contributed by atoms with Crippen LogP contribution in [0.3, 0.4) is 0 Å². The molecule has 8 heteroatoms. The van der Waals surface area contributed by atoms with Crippen LogP contribution in [0.25, 0.3) is 11.4 Å². The van der Waals surface area contributed by atoms with Crippen molar-refractivity contribution in [1.29, 1.82) is 0 Å². The highest BCUT2D eigenvalue weighted by atomic mass is 16.2. The van der Waals surface area contributed by atoms with Gasteiger partial charge in [0.25, 0.3) is 0 Å². The van der Waals surface area contributed by atoms with Crippen LogP contribution in [0.15, 0.2) is 49.1 Å². The van der Waals surface area contributed by atoms with Crippen LogP contribution in [0.4, 0.5) is 11.6 Å². The first-order valence-corrected chi connectivity index (χ1v) is 10.8. The number of aryl methyl sites for hydroxylation is 1. The summed E-state index contributed by atoms with van der Waals surface area (Å²) < 4.78 is 0. The molecule has 3 aromatic rings. The number of anilines is 2.